The van der Waals surface area contributed by atoms with Gasteiger partial charge in [-0.05, 0) is 40.0 Å². The van der Waals surface area contributed by atoms with Gasteiger partial charge in [0.25, 0.3) is 0 Å². The Morgan fingerprint density at radius 2 is 2.14 bits per heavy atom. The highest BCUT2D eigenvalue weighted by Crippen LogP contribution is 2.33. The Bertz CT molecular complexity index is 342. The summed E-state index contributed by atoms with van der Waals surface area (Å²) in [5, 5.41) is 18.0. The number of phenols is 1. The number of aliphatic carboxylic acids is 1. The second-order valence-electron chi connectivity index (χ2n) is 2.80. The third kappa shape index (κ3) is 2.89. The molecule has 0 bridgehead atoms. The molecule has 5 heteroatoms. The molecule has 0 spiro atoms. The predicted molar refractivity (Wildman–Crippen MR) is 56.8 cm³/mol. The molecule has 0 amide bonds. The molecular formula is C9H8BrClO3. The van der Waals surface area contributed by atoms with E-state index in [9.17, 15) is 9.90 Å². The first-order chi connectivity index (χ1) is 6.50. The summed E-state index contributed by atoms with van der Waals surface area (Å²) in [5.74, 6) is -0.879. The van der Waals surface area contributed by atoms with Crippen molar-refractivity contribution in [1.82, 2.24) is 0 Å². The van der Waals surface area contributed by atoms with Crippen LogP contribution in [0.5, 0.6) is 5.75 Å². The lowest BCUT2D eigenvalue weighted by atomic mass is 10.1. The molecule has 14 heavy (non-hydrogen) atoms. The fourth-order valence-corrected chi connectivity index (χ4v) is 1.88. The number of hydrogen-bond donors (Lipinski definition) is 2. The number of carboxylic acids is 1. The van der Waals surface area contributed by atoms with Gasteiger partial charge in [-0.25, -0.2) is 0 Å². The first-order valence-electron chi connectivity index (χ1n) is 3.89. The number of hydrogen-bond acceptors (Lipinski definition) is 2. The molecule has 0 aliphatic heterocycles. The van der Waals surface area contributed by atoms with Crippen LogP contribution in [0.15, 0.2) is 16.6 Å². The van der Waals surface area contributed by atoms with Gasteiger partial charge in [-0.1, -0.05) is 11.6 Å². The summed E-state index contributed by atoms with van der Waals surface area (Å²) in [6, 6.07) is 3.22. The lowest BCUT2D eigenvalue weighted by Gasteiger charge is -2.04. The largest absolute Gasteiger partial charge is 0.505 e. The van der Waals surface area contributed by atoms with Crippen molar-refractivity contribution in [2.45, 2.75) is 12.8 Å². The van der Waals surface area contributed by atoms with E-state index in [1.54, 1.807) is 12.1 Å². The maximum Gasteiger partial charge on any atom is 0.303 e. The minimum absolute atomic E-state index is 0.0225. The number of aromatic hydroxyl groups is 1. The minimum atomic E-state index is -0.856. The summed E-state index contributed by atoms with van der Waals surface area (Å²) in [7, 11) is 0. The van der Waals surface area contributed by atoms with Crippen molar-refractivity contribution >= 4 is 33.5 Å². The summed E-state index contributed by atoms with van der Waals surface area (Å²) in [4.78, 5) is 10.3. The van der Waals surface area contributed by atoms with Crippen LogP contribution in [-0.2, 0) is 11.2 Å². The van der Waals surface area contributed by atoms with Crippen LogP contribution in [0.4, 0.5) is 0 Å². The van der Waals surface area contributed by atoms with Gasteiger partial charge < -0.3 is 10.2 Å². The Hall–Kier alpha value is -0.740. The molecule has 0 aromatic heterocycles. The number of benzene rings is 1. The van der Waals surface area contributed by atoms with E-state index in [-0.39, 0.29) is 17.2 Å². The molecule has 2 N–H and O–H groups in total. The number of halogens is 2. The van der Waals surface area contributed by atoms with Gasteiger partial charge in [0, 0.05) is 6.42 Å². The van der Waals surface area contributed by atoms with Crippen LogP contribution in [0, 0.1) is 0 Å². The normalized spacial score (nSPS) is 10.1. The Labute approximate surface area is 94.4 Å². The van der Waals surface area contributed by atoms with Crippen LogP contribution in [0.3, 0.4) is 0 Å². The number of phenolic OH excluding ortho intramolecular Hbond substituents is 1. The van der Waals surface area contributed by atoms with E-state index in [1.807, 2.05) is 0 Å². The van der Waals surface area contributed by atoms with E-state index >= 15 is 0 Å². The molecule has 0 saturated carbocycles. The van der Waals surface area contributed by atoms with Crippen molar-refractivity contribution < 1.29 is 15.0 Å². The third-order valence-electron chi connectivity index (χ3n) is 1.70. The summed E-state index contributed by atoms with van der Waals surface area (Å²) in [5.41, 5.74) is 0.780. The molecule has 1 aromatic carbocycles. The van der Waals surface area contributed by atoms with Crippen LogP contribution in [0.2, 0.25) is 5.02 Å². The van der Waals surface area contributed by atoms with Crippen molar-refractivity contribution in [1.29, 1.82) is 0 Å². The minimum Gasteiger partial charge on any atom is -0.505 e. The zero-order valence-electron chi connectivity index (χ0n) is 7.13. The number of aryl methyl sites for hydroxylation is 1. The van der Waals surface area contributed by atoms with Crippen LogP contribution in [0.1, 0.15) is 12.0 Å². The number of carboxylic acid groups (broad SMARTS) is 1. The molecule has 0 saturated heterocycles. The van der Waals surface area contributed by atoms with Crippen molar-refractivity contribution in [3.8, 4) is 5.75 Å². The maximum absolute atomic E-state index is 10.3. The SMILES string of the molecule is O=C(O)CCc1cc(Cl)c(O)c(Br)c1. The molecule has 0 aliphatic carbocycles. The number of carbonyl (C=O) groups is 1. The predicted octanol–water partition coefficient (Wildman–Crippen LogP) is 2.83. The molecule has 1 aromatic rings. The average molecular weight is 280 g/mol. The summed E-state index contributed by atoms with van der Waals surface area (Å²) in [6.07, 6.45) is 0.446. The molecule has 0 fully saturated rings. The Kier molecular flexibility index (Phi) is 3.77. The zero-order valence-corrected chi connectivity index (χ0v) is 9.47. The van der Waals surface area contributed by atoms with E-state index in [4.69, 9.17) is 16.7 Å². The van der Waals surface area contributed by atoms with Gasteiger partial charge in [-0.3, -0.25) is 4.79 Å². The maximum atomic E-state index is 10.3. The molecule has 0 unspecified atom stereocenters. The highest BCUT2D eigenvalue weighted by molar-refractivity contribution is 9.10. The molecule has 0 aliphatic rings. The molecule has 0 heterocycles. The fourth-order valence-electron chi connectivity index (χ4n) is 1.01. The highest BCUT2D eigenvalue weighted by atomic mass is 79.9. The second kappa shape index (κ2) is 4.66. The summed E-state index contributed by atoms with van der Waals surface area (Å²) < 4.78 is 0.477. The molecule has 0 atom stereocenters. The van der Waals surface area contributed by atoms with Crippen molar-refractivity contribution in [2.75, 3.05) is 0 Å². The quantitative estimate of drug-likeness (QED) is 0.894. The fraction of sp³-hybridized carbons (Fsp3) is 0.222. The van der Waals surface area contributed by atoms with Gasteiger partial charge in [0.1, 0.15) is 5.75 Å². The summed E-state index contributed by atoms with van der Waals surface area (Å²) >= 11 is 8.83. The van der Waals surface area contributed by atoms with E-state index < -0.39 is 5.97 Å². The van der Waals surface area contributed by atoms with E-state index in [0.717, 1.165) is 5.56 Å². The first kappa shape index (κ1) is 11.3. The van der Waals surface area contributed by atoms with E-state index in [0.29, 0.717) is 10.9 Å². The lowest BCUT2D eigenvalue weighted by Crippen LogP contribution is -1.97. The molecule has 3 nitrogen and oxygen atoms in total. The van der Waals surface area contributed by atoms with Crippen LogP contribution in [-0.4, -0.2) is 16.2 Å². The van der Waals surface area contributed by atoms with Crippen LogP contribution >= 0.6 is 27.5 Å². The van der Waals surface area contributed by atoms with E-state index in [2.05, 4.69) is 15.9 Å². The Balaban J connectivity index is 2.84. The van der Waals surface area contributed by atoms with Gasteiger partial charge in [-0.15, -0.1) is 0 Å². The van der Waals surface area contributed by atoms with Crippen molar-refractivity contribution in [3.05, 3.63) is 27.2 Å². The number of rotatable bonds is 3. The van der Waals surface area contributed by atoms with E-state index in [1.165, 1.54) is 0 Å². The van der Waals surface area contributed by atoms with Gasteiger partial charge in [0.2, 0.25) is 0 Å². The monoisotopic (exact) mass is 278 g/mol. The van der Waals surface area contributed by atoms with Gasteiger partial charge in [0.05, 0.1) is 9.50 Å². The third-order valence-corrected chi connectivity index (χ3v) is 2.60. The lowest BCUT2D eigenvalue weighted by molar-refractivity contribution is -0.136. The topological polar surface area (TPSA) is 57.5 Å². The van der Waals surface area contributed by atoms with Gasteiger partial charge in [0.15, 0.2) is 0 Å². The van der Waals surface area contributed by atoms with Gasteiger partial charge >= 0.3 is 5.97 Å². The average Bonchev–Trinajstić information content (AvgIpc) is 2.10. The smallest absolute Gasteiger partial charge is 0.303 e. The molecule has 1 rings (SSSR count). The van der Waals surface area contributed by atoms with Gasteiger partial charge in [-0.2, -0.15) is 0 Å². The zero-order chi connectivity index (χ0) is 10.7. The first-order valence-corrected chi connectivity index (χ1v) is 5.06. The standard InChI is InChI=1S/C9H8BrClO3/c10-6-3-5(1-2-8(12)13)4-7(11)9(6)14/h3-4,14H,1-2H2,(H,12,13). The van der Waals surface area contributed by atoms with Crippen molar-refractivity contribution in [3.63, 3.8) is 0 Å². The van der Waals surface area contributed by atoms with Crippen molar-refractivity contribution in [2.24, 2.45) is 0 Å². The molecule has 76 valence electrons. The summed E-state index contributed by atoms with van der Waals surface area (Å²) in [6.45, 7) is 0. The molecule has 0 radical (unpaired) electrons. The Morgan fingerprint density at radius 1 is 1.50 bits per heavy atom. The second-order valence-corrected chi connectivity index (χ2v) is 4.06. The van der Waals surface area contributed by atoms with Crippen LogP contribution in [0.25, 0.3) is 0 Å². The molecular weight excluding hydrogens is 271 g/mol. The Morgan fingerprint density at radius 3 is 2.64 bits per heavy atom. The van der Waals surface area contributed by atoms with Crippen LogP contribution < -0.4 is 0 Å². The highest BCUT2D eigenvalue weighted by Gasteiger charge is 2.07.